The number of nitrogens with zero attached hydrogens (tertiary/aromatic N) is 3. The fourth-order valence-corrected chi connectivity index (χ4v) is 3.09. The maximum Gasteiger partial charge on any atom is 0.261 e. The molecule has 2 amide bonds. The number of aromatic nitrogens is 2. The average Bonchev–Trinajstić information content (AvgIpc) is 2.85. The Morgan fingerprint density at radius 3 is 2.32 bits per heavy atom. The van der Waals surface area contributed by atoms with E-state index < -0.39 is 5.82 Å². The third-order valence-electron chi connectivity index (χ3n) is 4.10. The minimum Gasteiger partial charge on any atom is -0.274 e. The molecule has 0 atom stereocenters. The summed E-state index contributed by atoms with van der Waals surface area (Å²) in [6.07, 6.45) is 0.268. The second kappa shape index (κ2) is 5.89. The Morgan fingerprint density at radius 1 is 0.960 bits per heavy atom. The molecule has 25 heavy (non-hydrogen) atoms. The Bertz CT molecular complexity index is 1000. The van der Waals surface area contributed by atoms with Crippen molar-refractivity contribution < 1.29 is 14.0 Å². The van der Waals surface area contributed by atoms with E-state index >= 15 is 0 Å². The Labute approximate surface area is 147 Å². The molecule has 0 saturated heterocycles. The lowest BCUT2D eigenvalue weighted by atomic mass is 10.1. The third kappa shape index (κ3) is 2.64. The quantitative estimate of drug-likeness (QED) is 0.676. The first kappa shape index (κ1) is 15.7. The topological polar surface area (TPSA) is 63.2 Å². The Kier molecular flexibility index (Phi) is 3.69. The lowest BCUT2D eigenvalue weighted by Crippen LogP contribution is -2.32. The van der Waals surface area contributed by atoms with Crippen LogP contribution >= 0.6 is 11.6 Å². The van der Waals surface area contributed by atoms with Crippen molar-refractivity contribution >= 4 is 34.4 Å². The first-order chi connectivity index (χ1) is 12.0. The first-order valence-electron chi connectivity index (χ1n) is 7.61. The molecule has 0 saturated carbocycles. The number of hydrogen-bond donors (Lipinski definition) is 0. The summed E-state index contributed by atoms with van der Waals surface area (Å²) >= 11 is 6.12. The van der Waals surface area contributed by atoms with Crippen molar-refractivity contribution in [3.05, 3.63) is 70.3 Å². The SMILES string of the molecule is O=C1c2ccccc2C(=O)N1CCc1nc2ccc(F)cc2nc1Cl. The van der Waals surface area contributed by atoms with E-state index in [1.165, 1.54) is 23.1 Å². The van der Waals surface area contributed by atoms with Crippen LogP contribution in [0.15, 0.2) is 42.5 Å². The number of hydrogen-bond acceptors (Lipinski definition) is 4. The number of benzene rings is 2. The van der Waals surface area contributed by atoms with Crippen LogP contribution in [0.25, 0.3) is 11.0 Å². The molecule has 3 aromatic rings. The molecule has 0 radical (unpaired) electrons. The normalized spacial score (nSPS) is 13.6. The zero-order valence-electron chi connectivity index (χ0n) is 12.9. The molecular weight excluding hydrogens is 345 g/mol. The second-order valence-corrected chi connectivity index (χ2v) is 6.01. The van der Waals surface area contributed by atoms with E-state index in [0.29, 0.717) is 27.9 Å². The Hall–Kier alpha value is -2.86. The van der Waals surface area contributed by atoms with Gasteiger partial charge >= 0.3 is 0 Å². The smallest absolute Gasteiger partial charge is 0.261 e. The van der Waals surface area contributed by atoms with Gasteiger partial charge in [-0.05, 0) is 24.3 Å². The lowest BCUT2D eigenvalue weighted by molar-refractivity contribution is 0.0656. The van der Waals surface area contributed by atoms with Crippen molar-refractivity contribution in [3.8, 4) is 0 Å². The first-order valence-corrected chi connectivity index (χ1v) is 7.99. The van der Waals surface area contributed by atoms with Gasteiger partial charge in [-0.25, -0.2) is 14.4 Å². The standard InChI is InChI=1S/C18H11ClFN3O2/c19-16-14(21-13-6-5-10(20)9-15(13)22-16)7-8-23-17(24)11-3-1-2-4-12(11)18(23)25/h1-6,9H,7-8H2. The molecule has 4 rings (SSSR count). The van der Waals surface area contributed by atoms with Crippen molar-refractivity contribution in [3.63, 3.8) is 0 Å². The molecule has 1 aliphatic rings. The van der Waals surface area contributed by atoms with Gasteiger partial charge in [-0.2, -0.15) is 0 Å². The lowest BCUT2D eigenvalue weighted by Gasteiger charge is -2.14. The van der Waals surface area contributed by atoms with Crippen molar-refractivity contribution in [2.24, 2.45) is 0 Å². The summed E-state index contributed by atoms with van der Waals surface area (Å²) in [6, 6.07) is 10.8. The van der Waals surface area contributed by atoms with Crippen LogP contribution < -0.4 is 0 Å². The molecule has 0 fully saturated rings. The number of amides is 2. The van der Waals surface area contributed by atoms with Crippen LogP contribution in [0.5, 0.6) is 0 Å². The zero-order valence-corrected chi connectivity index (χ0v) is 13.6. The van der Waals surface area contributed by atoms with Crippen LogP contribution in [0.3, 0.4) is 0 Å². The van der Waals surface area contributed by atoms with Crippen LogP contribution in [0.1, 0.15) is 26.4 Å². The summed E-state index contributed by atoms with van der Waals surface area (Å²) in [5.74, 6) is -1.07. The third-order valence-corrected chi connectivity index (χ3v) is 4.40. The predicted molar refractivity (Wildman–Crippen MR) is 90.0 cm³/mol. The highest BCUT2D eigenvalue weighted by Crippen LogP contribution is 2.24. The minimum absolute atomic E-state index is 0.134. The Balaban J connectivity index is 1.59. The number of carbonyl (C=O) groups is 2. The van der Waals surface area contributed by atoms with E-state index in [9.17, 15) is 14.0 Å². The predicted octanol–water partition coefficient (Wildman–Crippen LogP) is 3.26. The van der Waals surface area contributed by atoms with Gasteiger partial charge in [0.1, 0.15) is 5.82 Å². The fraction of sp³-hybridized carbons (Fsp3) is 0.111. The molecule has 2 aromatic carbocycles. The van der Waals surface area contributed by atoms with Gasteiger partial charge in [-0.3, -0.25) is 14.5 Å². The number of carbonyl (C=O) groups excluding carboxylic acids is 2. The fourth-order valence-electron chi connectivity index (χ4n) is 2.86. The summed E-state index contributed by atoms with van der Waals surface area (Å²) in [5, 5.41) is 0.134. The molecular formula is C18H11ClFN3O2. The molecule has 7 heteroatoms. The van der Waals surface area contributed by atoms with Gasteiger partial charge in [-0.1, -0.05) is 23.7 Å². The molecule has 0 spiro atoms. The number of rotatable bonds is 3. The molecule has 0 bridgehead atoms. The van der Waals surface area contributed by atoms with E-state index in [1.807, 2.05) is 0 Å². The van der Waals surface area contributed by atoms with Crippen LogP contribution in [-0.2, 0) is 6.42 Å². The summed E-state index contributed by atoms with van der Waals surface area (Å²) in [7, 11) is 0. The van der Waals surface area contributed by atoms with Gasteiger partial charge < -0.3 is 0 Å². The summed E-state index contributed by atoms with van der Waals surface area (Å²) in [5.41, 5.74) is 2.12. The summed E-state index contributed by atoms with van der Waals surface area (Å²) < 4.78 is 13.2. The highest BCUT2D eigenvalue weighted by Gasteiger charge is 2.34. The molecule has 0 aliphatic carbocycles. The molecule has 0 unspecified atom stereocenters. The average molecular weight is 356 g/mol. The van der Waals surface area contributed by atoms with E-state index in [4.69, 9.17) is 11.6 Å². The van der Waals surface area contributed by atoms with E-state index in [2.05, 4.69) is 9.97 Å². The van der Waals surface area contributed by atoms with Gasteiger partial charge in [0.05, 0.1) is 27.9 Å². The molecule has 0 N–H and O–H groups in total. The maximum atomic E-state index is 13.2. The summed E-state index contributed by atoms with van der Waals surface area (Å²) in [6.45, 7) is 0.146. The highest BCUT2D eigenvalue weighted by molar-refractivity contribution is 6.30. The Morgan fingerprint density at radius 2 is 1.64 bits per heavy atom. The van der Waals surface area contributed by atoms with Gasteiger partial charge in [0.2, 0.25) is 0 Å². The van der Waals surface area contributed by atoms with Crippen LogP contribution in [0, 0.1) is 5.82 Å². The van der Waals surface area contributed by atoms with Gasteiger partial charge in [0, 0.05) is 19.0 Å². The van der Waals surface area contributed by atoms with Crippen molar-refractivity contribution in [2.45, 2.75) is 6.42 Å². The molecule has 1 aromatic heterocycles. The van der Waals surface area contributed by atoms with Crippen molar-refractivity contribution in [1.82, 2.24) is 14.9 Å². The molecule has 1 aliphatic heterocycles. The number of halogens is 2. The minimum atomic E-state index is -0.420. The van der Waals surface area contributed by atoms with Crippen LogP contribution in [0.2, 0.25) is 5.15 Å². The van der Waals surface area contributed by atoms with E-state index in [0.717, 1.165) is 0 Å². The second-order valence-electron chi connectivity index (χ2n) is 5.65. The van der Waals surface area contributed by atoms with E-state index in [1.54, 1.807) is 24.3 Å². The van der Waals surface area contributed by atoms with Crippen LogP contribution in [0.4, 0.5) is 4.39 Å². The van der Waals surface area contributed by atoms with Crippen molar-refractivity contribution in [1.29, 1.82) is 0 Å². The summed E-state index contributed by atoms with van der Waals surface area (Å²) in [4.78, 5) is 34.4. The monoisotopic (exact) mass is 355 g/mol. The van der Waals surface area contributed by atoms with Gasteiger partial charge in [-0.15, -0.1) is 0 Å². The molecule has 2 heterocycles. The molecule has 124 valence electrons. The maximum absolute atomic E-state index is 13.2. The van der Waals surface area contributed by atoms with Gasteiger partial charge in [0.25, 0.3) is 11.8 Å². The van der Waals surface area contributed by atoms with Crippen molar-refractivity contribution in [2.75, 3.05) is 6.54 Å². The largest absolute Gasteiger partial charge is 0.274 e. The number of fused-ring (bicyclic) bond motifs is 2. The highest BCUT2D eigenvalue weighted by atomic mass is 35.5. The zero-order chi connectivity index (χ0) is 17.6. The van der Waals surface area contributed by atoms with E-state index in [-0.39, 0.29) is 29.9 Å². The molecule has 5 nitrogen and oxygen atoms in total. The van der Waals surface area contributed by atoms with Gasteiger partial charge in [0.15, 0.2) is 5.15 Å². The number of imide groups is 1. The van der Waals surface area contributed by atoms with Crippen LogP contribution in [-0.4, -0.2) is 33.2 Å².